The van der Waals surface area contributed by atoms with E-state index in [0.717, 1.165) is 31.8 Å². The normalized spacial score (nSPS) is 11.0. The molecule has 0 aromatic heterocycles. The Bertz CT molecular complexity index is 265. The first-order chi connectivity index (χ1) is 12.3. The van der Waals surface area contributed by atoms with Crippen molar-refractivity contribution in [1.29, 1.82) is 0 Å². The van der Waals surface area contributed by atoms with E-state index in [-0.39, 0.29) is 0 Å². The van der Waals surface area contributed by atoms with Gasteiger partial charge >= 0.3 is 0 Å². The van der Waals surface area contributed by atoms with E-state index in [1.165, 1.54) is 96.3 Å². The van der Waals surface area contributed by atoms with Crippen LogP contribution in [0.5, 0.6) is 0 Å². The molecule has 0 radical (unpaired) electrons. The molecule has 0 aliphatic heterocycles. The minimum atomic E-state index is 0.804. The molecule has 2 heteroatoms. The lowest BCUT2D eigenvalue weighted by Crippen LogP contribution is -2.10. The van der Waals surface area contributed by atoms with E-state index < -0.39 is 0 Å². The Balaban J connectivity index is 3.08. The van der Waals surface area contributed by atoms with Crippen molar-refractivity contribution in [2.24, 2.45) is 0 Å². The zero-order chi connectivity index (χ0) is 18.4. The summed E-state index contributed by atoms with van der Waals surface area (Å²) < 4.78 is 5.63. The van der Waals surface area contributed by atoms with Crippen molar-refractivity contribution < 1.29 is 4.74 Å². The maximum atomic E-state index is 5.63. The van der Waals surface area contributed by atoms with Gasteiger partial charge in [-0.05, 0) is 26.4 Å². The summed E-state index contributed by atoms with van der Waals surface area (Å²) in [6, 6.07) is 0. The standard InChI is InChI=1S/C23H47NO/c1-4-5-6-7-8-9-10-11-12-13-14-15-16-17-18-20-23(2)25-22-19-21-24-3/h24H,2,4-22H2,1,3H3. The van der Waals surface area contributed by atoms with Gasteiger partial charge in [0.2, 0.25) is 0 Å². The molecular weight excluding hydrogens is 306 g/mol. The second kappa shape index (κ2) is 21.5. The van der Waals surface area contributed by atoms with Crippen LogP contribution in [-0.4, -0.2) is 20.2 Å². The summed E-state index contributed by atoms with van der Waals surface area (Å²) in [6.07, 6.45) is 23.3. The van der Waals surface area contributed by atoms with Gasteiger partial charge in [-0.1, -0.05) is 103 Å². The van der Waals surface area contributed by atoms with E-state index >= 15 is 0 Å². The van der Waals surface area contributed by atoms with Gasteiger partial charge in [0.05, 0.1) is 12.4 Å². The highest BCUT2D eigenvalue weighted by molar-refractivity contribution is 4.81. The predicted octanol–water partition coefficient (Wildman–Crippen LogP) is 7.39. The third-order valence-electron chi connectivity index (χ3n) is 4.94. The molecular formula is C23H47NO. The van der Waals surface area contributed by atoms with Crippen molar-refractivity contribution in [1.82, 2.24) is 5.32 Å². The zero-order valence-corrected chi connectivity index (χ0v) is 17.6. The van der Waals surface area contributed by atoms with Crippen molar-refractivity contribution >= 4 is 0 Å². The van der Waals surface area contributed by atoms with Crippen LogP contribution >= 0.6 is 0 Å². The summed E-state index contributed by atoms with van der Waals surface area (Å²) in [5.41, 5.74) is 0. The fraction of sp³-hybridized carbons (Fsp3) is 0.913. The van der Waals surface area contributed by atoms with Crippen LogP contribution in [0.1, 0.15) is 116 Å². The molecule has 0 spiro atoms. The average molecular weight is 354 g/mol. The van der Waals surface area contributed by atoms with Crippen LogP contribution in [-0.2, 0) is 4.74 Å². The number of nitrogens with one attached hydrogen (secondary N) is 1. The van der Waals surface area contributed by atoms with Crippen LogP contribution in [0.3, 0.4) is 0 Å². The van der Waals surface area contributed by atoms with Gasteiger partial charge in [0.15, 0.2) is 0 Å². The van der Waals surface area contributed by atoms with E-state index in [1.54, 1.807) is 0 Å². The second-order valence-corrected chi connectivity index (χ2v) is 7.54. The Morgan fingerprint density at radius 3 is 1.56 bits per heavy atom. The van der Waals surface area contributed by atoms with Crippen molar-refractivity contribution in [2.45, 2.75) is 116 Å². The van der Waals surface area contributed by atoms with Gasteiger partial charge in [-0.3, -0.25) is 0 Å². The van der Waals surface area contributed by atoms with Crippen molar-refractivity contribution in [3.63, 3.8) is 0 Å². The Labute approximate surface area is 159 Å². The largest absolute Gasteiger partial charge is 0.499 e. The summed E-state index contributed by atoms with van der Waals surface area (Å²) >= 11 is 0. The third-order valence-corrected chi connectivity index (χ3v) is 4.94. The van der Waals surface area contributed by atoms with Crippen LogP contribution in [0.15, 0.2) is 12.3 Å². The van der Waals surface area contributed by atoms with E-state index in [9.17, 15) is 0 Å². The molecule has 0 aliphatic carbocycles. The fourth-order valence-corrected chi connectivity index (χ4v) is 3.23. The molecule has 1 N–H and O–H groups in total. The lowest BCUT2D eigenvalue weighted by Gasteiger charge is -2.09. The monoisotopic (exact) mass is 353 g/mol. The molecule has 0 amide bonds. The number of allylic oxidation sites excluding steroid dienone is 1. The van der Waals surface area contributed by atoms with Crippen LogP contribution in [0.4, 0.5) is 0 Å². The van der Waals surface area contributed by atoms with Crippen LogP contribution in [0, 0.1) is 0 Å². The van der Waals surface area contributed by atoms with E-state index in [2.05, 4.69) is 18.8 Å². The van der Waals surface area contributed by atoms with E-state index in [1.807, 2.05) is 7.05 Å². The maximum Gasteiger partial charge on any atom is 0.0889 e. The van der Waals surface area contributed by atoms with Gasteiger partial charge in [-0.15, -0.1) is 0 Å². The summed E-state index contributed by atoms with van der Waals surface area (Å²) in [7, 11) is 1.98. The average Bonchev–Trinajstić information content (AvgIpc) is 2.62. The quantitative estimate of drug-likeness (QED) is 0.171. The summed E-state index contributed by atoms with van der Waals surface area (Å²) in [5.74, 6) is 0.978. The minimum Gasteiger partial charge on any atom is -0.499 e. The summed E-state index contributed by atoms with van der Waals surface area (Å²) in [4.78, 5) is 0. The third kappa shape index (κ3) is 21.5. The molecule has 0 unspecified atom stereocenters. The number of unbranched alkanes of at least 4 members (excludes halogenated alkanes) is 14. The van der Waals surface area contributed by atoms with E-state index in [0.29, 0.717) is 0 Å². The molecule has 0 heterocycles. The smallest absolute Gasteiger partial charge is 0.0889 e. The Morgan fingerprint density at radius 1 is 0.680 bits per heavy atom. The SMILES string of the molecule is C=C(CCCCCCCCCCCCCCCCC)OCCCNC. The van der Waals surface area contributed by atoms with Crippen LogP contribution < -0.4 is 5.32 Å². The molecule has 0 rings (SSSR count). The van der Waals surface area contributed by atoms with Gasteiger partial charge in [0.25, 0.3) is 0 Å². The first-order valence-electron chi connectivity index (χ1n) is 11.3. The van der Waals surface area contributed by atoms with Gasteiger partial charge in [-0.2, -0.15) is 0 Å². The first-order valence-corrected chi connectivity index (χ1v) is 11.3. The fourth-order valence-electron chi connectivity index (χ4n) is 3.23. The van der Waals surface area contributed by atoms with Crippen molar-refractivity contribution in [3.8, 4) is 0 Å². The Hall–Kier alpha value is -0.500. The van der Waals surface area contributed by atoms with Crippen molar-refractivity contribution in [2.75, 3.05) is 20.2 Å². The van der Waals surface area contributed by atoms with Gasteiger partial charge in [0.1, 0.15) is 0 Å². The highest BCUT2D eigenvalue weighted by atomic mass is 16.5. The molecule has 0 aliphatic rings. The molecule has 0 bridgehead atoms. The minimum absolute atomic E-state index is 0.804. The summed E-state index contributed by atoms with van der Waals surface area (Å²) in [6.45, 7) is 8.13. The molecule has 0 aromatic rings. The molecule has 0 saturated heterocycles. The molecule has 0 fully saturated rings. The second-order valence-electron chi connectivity index (χ2n) is 7.54. The molecule has 0 atom stereocenters. The lowest BCUT2D eigenvalue weighted by molar-refractivity contribution is 0.198. The Kier molecular flexibility index (Phi) is 21.1. The van der Waals surface area contributed by atoms with Gasteiger partial charge in [0, 0.05) is 6.42 Å². The molecule has 2 nitrogen and oxygen atoms in total. The molecule has 0 saturated carbocycles. The van der Waals surface area contributed by atoms with Crippen molar-refractivity contribution in [3.05, 3.63) is 12.3 Å². The first kappa shape index (κ1) is 24.5. The molecule has 25 heavy (non-hydrogen) atoms. The van der Waals surface area contributed by atoms with E-state index in [4.69, 9.17) is 4.74 Å². The predicted molar refractivity (Wildman–Crippen MR) is 113 cm³/mol. The highest BCUT2D eigenvalue weighted by Gasteiger charge is 1.97. The lowest BCUT2D eigenvalue weighted by atomic mass is 10.0. The van der Waals surface area contributed by atoms with Gasteiger partial charge < -0.3 is 10.1 Å². The number of ether oxygens (including phenoxy) is 1. The molecule has 150 valence electrons. The van der Waals surface area contributed by atoms with Crippen LogP contribution in [0.25, 0.3) is 0 Å². The van der Waals surface area contributed by atoms with Crippen LogP contribution in [0.2, 0.25) is 0 Å². The number of hydrogen-bond donors (Lipinski definition) is 1. The zero-order valence-electron chi connectivity index (χ0n) is 17.6. The Morgan fingerprint density at radius 2 is 1.12 bits per heavy atom. The van der Waals surface area contributed by atoms with Gasteiger partial charge in [-0.25, -0.2) is 0 Å². The maximum absolute atomic E-state index is 5.63. The highest BCUT2D eigenvalue weighted by Crippen LogP contribution is 2.14. The summed E-state index contributed by atoms with van der Waals surface area (Å²) in [5, 5.41) is 3.13. The topological polar surface area (TPSA) is 21.3 Å². The number of rotatable bonds is 21. The molecule has 0 aromatic carbocycles. The number of hydrogen-bond acceptors (Lipinski definition) is 2.